The summed E-state index contributed by atoms with van der Waals surface area (Å²) in [7, 11) is 0. The third kappa shape index (κ3) is 8.91. The van der Waals surface area contributed by atoms with E-state index in [1.54, 1.807) is 6.20 Å². The van der Waals surface area contributed by atoms with Gasteiger partial charge in [-0.05, 0) is 60.9 Å². The van der Waals surface area contributed by atoms with Crippen LogP contribution in [0.4, 0.5) is 0 Å². The van der Waals surface area contributed by atoms with Crippen LogP contribution >= 0.6 is 0 Å². The van der Waals surface area contributed by atoms with Crippen LogP contribution < -0.4 is 5.32 Å². The summed E-state index contributed by atoms with van der Waals surface area (Å²) in [4.78, 5) is 32.0. The highest BCUT2D eigenvalue weighted by Gasteiger charge is 2.15. The Bertz CT molecular complexity index is 1210. The molecule has 1 saturated carbocycles. The van der Waals surface area contributed by atoms with Gasteiger partial charge in [-0.25, -0.2) is 4.98 Å². The zero-order chi connectivity index (χ0) is 27.3. The molecular formula is C32H39N3O4. The Morgan fingerprint density at radius 3 is 2.56 bits per heavy atom. The maximum absolute atomic E-state index is 12.6. The van der Waals surface area contributed by atoms with Crippen molar-refractivity contribution in [1.82, 2.24) is 15.3 Å². The van der Waals surface area contributed by atoms with Crippen molar-refractivity contribution in [3.05, 3.63) is 78.0 Å². The van der Waals surface area contributed by atoms with Crippen LogP contribution in [0.15, 0.2) is 65.5 Å². The molecule has 1 fully saturated rings. The van der Waals surface area contributed by atoms with E-state index in [0.29, 0.717) is 24.6 Å². The molecule has 7 heteroatoms. The summed E-state index contributed by atoms with van der Waals surface area (Å²) in [6, 6.07) is 11.8. The lowest BCUT2D eigenvalue weighted by atomic mass is 9.86. The number of hydrogen-bond acceptors (Lipinski definition) is 5. The fraction of sp³-hybridized carbons (Fsp3) is 0.438. The van der Waals surface area contributed by atoms with Gasteiger partial charge in [0.2, 0.25) is 5.89 Å². The van der Waals surface area contributed by atoms with Crippen molar-refractivity contribution in [3.63, 3.8) is 0 Å². The summed E-state index contributed by atoms with van der Waals surface area (Å²) in [6.07, 6.45) is 19.8. The molecule has 2 heterocycles. The number of aromatic nitrogens is 2. The first-order valence-corrected chi connectivity index (χ1v) is 14.3. The smallest absolute Gasteiger partial charge is 0.303 e. The number of nitrogens with one attached hydrogen (secondary N) is 1. The van der Waals surface area contributed by atoms with Gasteiger partial charge in [0.15, 0.2) is 5.69 Å². The molecule has 2 N–H and O–H groups in total. The Hall–Kier alpha value is -3.74. The minimum absolute atomic E-state index is 0.182. The van der Waals surface area contributed by atoms with Gasteiger partial charge in [-0.3, -0.25) is 14.6 Å². The van der Waals surface area contributed by atoms with Gasteiger partial charge < -0.3 is 14.8 Å². The van der Waals surface area contributed by atoms with E-state index >= 15 is 0 Å². The molecule has 0 aliphatic heterocycles. The number of hydrogen-bond donors (Lipinski definition) is 2. The predicted molar refractivity (Wildman–Crippen MR) is 152 cm³/mol. The maximum atomic E-state index is 12.6. The highest BCUT2D eigenvalue weighted by molar-refractivity contribution is 5.92. The molecule has 0 bridgehead atoms. The number of carboxylic acids is 1. The van der Waals surface area contributed by atoms with Gasteiger partial charge in [-0.15, -0.1) is 0 Å². The molecule has 1 aliphatic rings. The van der Waals surface area contributed by atoms with E-state index in [9.17, 15) is 9.59 Å². The van der Waals surface area contributed by atoms with Crippen LogP contribution in [-0.4, -0.2) is 33.5 Å². The Kier molecular flexibility index (Phi) is 10.9. The van der Waals surface area contributed by atoms with Gasteiger partial charge in [-0.1, -0.05) is 69.2 Å². The molecule has 39 heavy (non-hydrogen) atoms. The highest BCUT2D eigenvalue weighted by Crippen LogP contribution is 2.28. The van der Waals surface area contributed by atoms with Gasteiger partial charge in [0.1, 0.15) is 6.26 Å². The van der Waals surface area contributed by atoms with Crippen molar-refractivity contribution in [1.29, 1.82) is 0 Å². The monoisotopic (exact) mass is 529 g/mol. The summed E-state index contributed by atoms with van der Waals surface area (Å²) in [6.45, 7) is 0.655. The minimum Gasteiger partial charge on any atom is -0.481 e. The molecule has 0 radical (unpaired) electrons. The van der Waals surface area contributed by atoms with Gasteiger partial charge in [0.05, 0.1) is 0 Å². The summed E-state index contributed by atoms with van der Waals surface area (Å²) < 4.78 is 5.63. The SMILES string of the molecule is O=C(O)CCCC/C=C(/c1ccc(-c2nc(C(=O)NCCCCC3CCCCC3)co2)cc1)c1cccnc1. The summed E-state index contributed by atoms with van der Waals surface area (Å²) in [5, 5.41) is 11.8. The molecule has 3 aromatic rings. The average molecular weight is 530 g/mol. The maximum Gasteiger partial charge on any atom is 0.303 e. The highest BCUT2D eigenvalue weighted by atomic mass is 16.4. The van der Waals surface area contributed by atoms with Gasteiger partial charge >= 0.3 is 5.97 Å². The van der Waals surface area contributed by atoms with Crippen LogP contribution in [0, 0.1) is 5.92 Å². The molecule has 0 unspecified atom stereocenters. The summed E-state index contributed by atoms with van der Waals surface area (Å²) >= 11 is 0. The first kappa shape index (κ1) is 28.3. The number of unbranched alkanes of at least 4 members (excludes halogenated alkanes) is 3. The van der Waals surface area contributed by atoms with Crippen LogP contribution in [-0.2, 0) is 4.79 Å². The fourth-order valence-corrected chi connectivity index (χ4v) is 5.22. The number of carbonyl (C=O) groups excluding carboxylic acids is 1. The number of pyridine rings is 1. The van der Waals surface area contributed by atoms with Crippen molar-refractivity contribution >= 4 is 17.4 Å². The zero-order valence-electron chi connectivity index (χ0n) is 22.6. The molecular weight excluding hydrogens is 490 g/mol. The van der Waals surface area contributed by atoms with E-state index in [2.05, 4.69) is 21.4 Å². The van der Waals surface area contributed by atoms with Gasteiger partial charge in [0.25, 0.3) is 5.91 Å². The molecule has 206 valence electrons. The molecule has 0 saturated heterocycles. The Morgan fingerprint density at radius 1 is 1.00 bits per heavy atom. The molecule has 7 nitrogen and oxygen atoms in total. The third-order valence-electron chi connectivity index (χ3n) is 7.39. The first-order valence-electron chi connectivity index (χ1n) is 14.3. The normalized spacial score (nSPS) is 14.3. The van der Waals surface area contributed by atoms with E-state index in [4.69, 9.17) is 9.52 Å². The number of allylic oxidation sites excluding steroid dienone is 1. The average Bonchev–Trinajstić information content (AvgIpc) is 3.46. The van der Waals surface area contributed by atoms with Gasteiger partial charge in [0, 0.05) is 36.5 Å². The van der Waals surface area contributed by atoms with Crippen LogP contribution in [0.2, 0.25) is 0 Å². The van der Waals surface area contributed by atoms with Crippen LogP contribution in [0.25, 0.3) is 17.0 Å². The van der Waals surface area contributed by atoms with E-state index in [1.165, 1.54) is 44.8 Å². The number of aliphatic carboxylic acids is 1. The Balaban J connectivity index is 1.32. The molecule has 1 aromatic carbocycles. The third-order valence-corrected chi connectivity index (χ3v) is 7.39. The van der Waals surface area contributed by atoms with Crippen molar-refractivity contribution in [2.24, 2.45) is 5.92 Å². The number of carboxylic acid groups (broad SMARTS) is 1. The van der Waals surface area contributed by atoms with Gasteiger partial charge in [-0.2, -0.15) is 0 Å². The van der Waals surface area contributed by atoms with Crippen molar-refractivity contribution in [3.8, 4) is 11.5 Å². The standard InChI is InChI=1S/C32H39N3O4/c36-30(37)15-6-2-5-14-28(27-13-9-20-33-22-27)25-16-18-26(19-17-25)32-35-29(23-39-32)31(38)34-21-8-7-12-24-10-3-1-4-11-24/h9,13-14,16-20,22-24H,1-8,10-12,15,21H2,(H,34,38)(H,36,37)/b28-14-. The Morgan fingerprint density at radius 2 is 1.82 bits per heavy atom. The van der Waals surface area contributed by atoms with Crippen molar-refractivity contribution < 1.29 is 19.1 Å². The molecule has 4 rings (SSSR count). The lowest BCUT2D eigenvalue weighted by Crippen LogP contribution is -2.24. The molecule has 0 atom stereocenters. The summed E-state index contributed by atoms with van der Waals surface area (Å²) in [5.41, 5.74) is 4.14. The Labute approximate surface area is 230 Å². The number of rotatable bonds is 14. The van der Waals surface area contributed by atoms with Crippen LogP contribution in [0.1, 0.15) is 98.7 Å². The lowest BCUT2D eigenvalue weighted by Gasteiger charge is -2.21. The number of oxazole rings is 1. The zero-order valence-corrected chi connectivity index (χ0v) is 22.6. The van der Waals surface area contributed by atoms with Crippen molar-refractivity contribution in [2.75, 3.05) is 6.54 Å². The number of amides is 1. The van der Waals surface area contributed by atoms with Crippen molar-refractivity contribution in [2.45, 2.75) is 77.0 Å². The van der Waals surface area contributed by atoms with E-state index in [0.717, 1.165) is 53.9 Å². The number of nitrogens with zero attached hydrogens (tertiary/aromatic N) is 2. The second-order valence-electron chi connectivity index (χ2n) is 10.4. The quantitative estimate of drug-likeness (QED) is 0.212. The molecule has 1 amide bonds. The van der Waals surface area contributed by atoms with E-state index in [-0.39, 0.29) is 12.3 Å². The number of carbonyl (C=O) groups is 2. The summed E-state index contributed by atoms with van der Waals surface area (Å²) in [5.74, 6) is 0.311. The first-order chi connectivity index (χ1) is 19.1. The minimum atomic E-state index is -0.765. The largest absolute Gasteiger partial charge is 0.481 e. The van der Waals surface area contributed by atoms with E-state index in [1.807, 2.05) is 42.6 Å². The van der Waals surface area contributed by atoms with Crippen LogP contribution in [0.3, 0.4) is 0 Å². The predicted octanol–water partition coefficient (Wildman–Crippen LogP) is 7.29. The van der Waals surface area contributed by atoms with Crippen LogP contribution in [0.5, 0.6) is 0 Å². The molecule has 2 aromatic heterocycles. The number of benzene rings is 1. The topological polar surface area (TPSA) is 105 Å². The lowest BCUT2D eigenvalue weighted by molar-refractivity contribution is -0.137. The second kappa shape index (κ2) is 15.0. The second-order valence-corrected chi connectivity index (χ2v) is 10.4. The molecule has 1 aliphatic carbocycles. The molecule has 0 spiro atoms. The fourth-order valence-electron chi connectivity index (χ4n) is 5.22. The van der Waals surface area contributed by atoms with E-state index < -0.39 is 5.97 Å².